The highest BCUT2D eigenvalue weighted by molar-refractivity contribution is 6.11. The molecule has 8 heteroatoms. The molecule has 8 nitrogen and oxygen atoms in total. The van der Waals surface area contributed by atoms with Crippen LogP contribution < -0.4 is 10.9 Å². The van der Waals surface area contributed by atoms with Gasteiger partial charge in [-0.3, -0.25) is 20.9 Å². The van der Waals surface area contributed by atoms with Crippen molar-refractivity contribution in [3.8, 4) is 0 Å². The highest BCUT2D eigenvalue weighted by Gasteiger charge is 2.48. The Hall–Kier alpha value is -6.02. The van der Waals surface area contributed by atoms with Crippen LogP contribution >= 0.6 is 0 Å². The second-order valence-corrected chi connectivity index (χ2v) is 12.7. The molecule has 0 aliphatic carbocycles. The molecule has 0 radical (unpaired) electrons. The lowest BCUT2D eigenvalue weighted by Gasteiger charge is -2.39. The number of esters is 2. The molecular formula is C42H40N4O4. The maximum absolute atomic E-state index is 13.9. The fraction of sp³-hybridized carbons (Fsp3) is 0.190. The minimum atomic E-state index is -0.460. The van der Waals surface area contributed by atoms with Gasteiger partial charge in [0.1, 0.15) is 0 Å². The van der Waals surface area contributed by atoms with Crippen LogP contribution in [0.3, 0.4) is 0 Å². The lowest BCUT2D eigenvalue weighted by molar-refractivity contribution is -0.140. The van der Waals surface area contributed by atoms with E-state index in [2.05, 4.69) is 73.2 Å². The first kappa shape index (κ1) is 32.5. The maximum Gasteiger partial charge on any atom is 0.356 e. The number of rotatable bonds is 8. The van der Waals surface area contributed by atoms with E-state index < -0.39 is 11.9 Å². The minimum absolute atomic E-state index is 0.220. The highest BCUT2D eigenvalue weighted by Crippen LogP contribution is 2.53. The Morgan fingerprint density at radius 3 is 1.14 bits per heavy atom. The number of ether oxygens (including phenoxy) is 2. The minimum Gasteiger partial charge on any atom is -0.461 e. The lowest BCUT2D eigenvalue weighted by atomic mass is 9.91. The van der Waals surface area contributed by atoms with Crippen molar-refractivity contribution in [2.75, 3.05) is 13.2 Å². The molecule has 0 saturated carbocycles. The lowest BCUT2D eigenvalue weighted by Crippen LogP contribution is -2.42. The standard InChI is InChI=1S/C42H40N4O4/c1-7-49-41(47)35-33(29-17-9-13-25(3)21-29)39-37(31-19-11-15-27(5)23-31)46-40(38(45(39)43-35)32-20-12-16-28(6)24-32)34(30-18-10-14-26(4)22-30)36(44-46)42(48)50-8-2/h9-24,43-44H,7-8H2,1-6H3. The monoisotopic (exact) mass is 664 g/mol. The summed E-state index contributed by atoms with van der Waals surface area (Å²) in [6.07, 6.45) is 0. The molecule has 0 bridgehead atoms. The van der Waals surface area contributed by atoms with E-state index in [1.807, 2.05) is 72.4 Å². The Kier molecular flexibility index (Phi) is 8.53. The number of carbonyl (C=O) groups is 2. The average molecular weight is 665 g/mol. The van der Waals surface area contributed by atoms with E-state index in [0.29, 0.717) is 22.5 Å². The van der Waals surface area contributed by atoms with Gasteiger partial charge in [0.25, 0.3) is 0 Å². The predicted molar refractivity (Wildman–Crippen MR) is 196 cm³/mol. The summed E-state index contributed by atoms with van der Waals surface area (Å²) in [5, 5.41) is 3.99. The maximum atomic E-state index is 13.9. The molecule has 3 aliphatic heterocycles. The van der Waals surface area contributed by atoms with Crippen LogP contribution in [0.5, 0.6) is 0 Å². The number of hydrogen-bond donors (Lipinski definition) is 2. The van der Waals surface area contributed by atoms with Gasteiger partial charge in [-0.05, 0) is 64.8 Å². The van der Waals surface area contributed by atoms with Crippen molar-refractivity contribution < 1.29 is 19.1 Å². The molecule has 3 aliphatic rings. The third kappa shape index (κ3) is 5.62. The first-order valence-electron chi connectivity index (χ1n) is 16.9. The van der Waals surface area contributed by atoms with Gasteiger partial charge >= 0.3 is 11.9 Å². The van der Waals surface area contributed by atoms with Gasteiger partial charge in [0.05, 0.1) is 36.0 Å². The number of hydrogen-bond acceptors (Lipinski definition) is 8. The second-order valence-electron chi connectivity index (χ2n) is 12.7. The van der Waals surface area contributed by atoms with Crippen LogP contribution in [0.15, 0.2) is 120 Å². The molecule has 4 aromatic carbocycles. The molecule has 7 rings (SSSR count). The summed E-state index contributed by atoms with van der Waals surface area (Å²) >= 11 is 0. The number of aryl methyl sites for hydroxylation is 4. The number of hydrazine groups is 2. The Morgan fingerprint density at radius 2 is 0.820 bits per heavy atom. The Balaban J connectivity index is 1.63. The zero-order chi connectivity index (χ0) is 35.1. The van der Waals surface area contributed by atoms with Gasteiger partial charge in [-0.15, -0.1) is 0 Å². The zero-order valence-electron chi connectivity index (χ0n) is 29.2. The van der Waals surface area contributed by atoms with Crippen LogP contribution in [0.1, 0.15) is 58.4 Å². The summed E-state index contributed by atoms with van der Waals surface area (Å²) in [5.74, 6) is -0.921. The number of nitrogens with one attached hydrogen (secondary N) is 2. The second kappa shape index (κ2) is 13.1. The third-order valence-corrected chi connectivity index (χ3v) is 8.92. The predicted octanol–water partition coefficient (Wildman–Crippen LogP) is 7.56. The van der Waals surface area contributed by atoms with Crippen LogP contribution in [0.2, 0.25) is 0 Å². The summed E-state index contributed by atoms with van der Waals surface area (Å²) in [5.41, 5.74) is 19.8. The van der Waals surface area contributed by atoms with Crippen molar-refractivity contribution in [2.45, 2.75) is 41.5 Å². The van der Waals surface area contributed by atoms with Crippen LogP contribution in [0.4, 0.5) is 0 Å². The molecule has 4 aromatic rings. The molecule has 0 saturated heterocycles. The first-order valence-corrected chi connectivity index (χ1v) is 16.9. The SMILES string of the molecule is CCOC(=O)C1=C(c2cccc(C)c2)C2=C(c3cccc(C)c3)N3NC(C(=O)OCC)=C(c4cccc(C)c4)C3=C(c3cccc(C)c3)N2N1. The smallest absolute Gasteiger partial charge is 0.356 e. The van der Waals surface area contributed by atoms with Gasteiger partial charge in [0.2, 0.25) is 0 Å². The van der Waals surface area contributed by atoms with Crippen molar-refractivity contribution in [3.63, 3.8) is 0 Å². The van der Waals surface area contributed by atoms with Gasteiger partial charge in [0.15, 0.2) is 11.4 Å². The van der Waals surface area contributed by atoms with E-state index in [0.717, 1.165) is 67.3 Å². The molecule has 0 atom stereocenters. The topological polar surface area (TPSA) is 83.1 Å². The van der Waals surface area contributed by atoms with Crippen molar-refractivity contribution in [2.24, 2.45) is 0 Å². The van der Waals surface area contributed by atoms with E-state index >= 15 is 0 Å². The van der Waals surface area contributed by atoms with E-state index in [4.69, 9.17) is 9.47 Å². The zero-order valence-corrected chi connectivity index (χ0v) is 29.2. The number of fused-ring (bicyclic) bond motifs is 2. The molecule has 50 heavy (non-hydrogen) atoms. The Labute approximate surface area is 293 Å². The van der Waals surface area contributed by atoms with Gasteiger partial charge in [-0.1, -0.05) is 107 Å². The molecule has 0 aromatic heterocycles. The van der Waals surface area contributed by atoms with Crippen LogP contribution in [0.25, 0.3) is 22.5 Å². The molecule has 0 amide bonds. The van der Waals surface area contributed by atoms with Crippen molar-refractivity contribution in [1.82, 2.24) is 20.9 Å². The summed E-state index contributed by atoms with van der Waals surface area (Å²) in [4.78, 5) is 27.9. The van der Waals surface area contributed by atoms with Crippen LogP contribution in [0, 0.1) is 27.7 Å². The molecule has 3 heterocycles. The van der Waals surface area contributed by atoms with Gasteiger partial charge in [-0.2, -0.15) is 0 Å². The van der Waals surface area contributed by atoms with E-state index in [1.165, 1.54) is 0 Å². The number of carbonyl (C=O) groups excluding carboxylic acids is 2. The van der Waals surface area contributed by atoms with Gasteiger partial charge in [0, 0.05) is 22.3 Å². The summed E-state index contributed by atoms with van der Waals surface area (Å²) in [7, 11) is 0. The van der Waals surface area contributed by atoms with Crippen molar-refractivity contribution >= 4 is 34.5 Å². The highest BCUT2D eigenvalue weighted by atomic mass is 16.5. The normalized spacial score (nSPS) is 15.2. The fourth-order valence-electron chi connectivity index (χ4n) is 6.88. The summed E-state index contributed by atoms with van der Waals surface area (Å²) < 4.78 is 11.4. The molecule has 252 valence electrons. The Bertz CT molecular complexity index is 2040. The number of allylic oxidation sites excluding steroid dienone is 2. The van der Waals surface area contributed by atoms with E-state index in [9.17, 15) is 9.59 Å². The molecular weight excluding hydrogens is 624 g/mol. The van der Waals surface area contributed by atoms with E-state index in [-0.39, 0.29) is 13.2 Å². The van der Waals surface area contributed by atoms with Gasteiger partial charge < -0.3 is 9.47 Å². The summed E-state index contributed by atoms with van der Waals surface area (Å²) in [6, 6.07) is 32.7. The quantitative estimate of drug-likeness (QED) is 0.187. The van der Waals surface area contributed by atoms with Crippen LogP contribution in [-0.2, 0) is 19.1 Å². The molecule has 0 fully saturated rings. The van der Waals surface area contributed by atoms with E-state index in [1.54, 1.807) is 13.8 Å². The average Bonchev–Trinajstić information content (AvgIpc) is 3.67. The molecule has 2 N–H and O–H groups in total. The molecule has 0 unspecified atom stereocenters. The van der Waals surface area contributed by atoms with Crippen molar-refractivity contribution in [1.29, 1.82) is 0 Å². The fourth-order valence-corrected chi connectivity index (χ4v) is 6.88. The largest absolute Gasteiger partial charge is 0.461 e. The third-order valence-electron chi connectivity index (χ3n) is 8.92. The number of benzene rings is 4. The summed E-state index contributed by atoms with van der Waals surface area (Å²) in [6.45, 7) is 12.2. The molecule has 0 spiro atoms. The first-order chi connectivity index (χ1) is 24.2. The van der Waals surface area contributed by atoms with Gasteiger partial charge in [-0.25, -0.2) is 9.59 Å². The Morgan fingerprint density at radius 1 is 0.500 bits per heavy atom. The van der Waals surface area contributed by atoms with Crippen molar-refractivity contribution in [3.05, 3.63) is 164 Å². The van der Waals surface area contributed by atoms with Crippen LogP contribution in [-0.4, -0.2) is 35.2 Å². The number of nitrogens with zero attached hydrogens (tertiary/aromatic N) is 2.